The Labute approximate surface area is 598 Å². The monoisotopic (exact) mass is 1430 g/mol. The molecule has 0 aliphatic rings. The van der Waals surface area contributed by atoms with Gasteiger partial charge in [0, 0.05) is 25.7 Å². The number of carbonyl (C=O) groups excluding carboxylic acids is 4. The Morgan fingerprint density at radius 2 is 0.469 bits per heavy atom. The molecular formula is C79H148O17P2. The van der Waals surface area contributed by atoms with Gasteiger partial charge < -0.3 is 33.8 Å². The van der Waals surface area contributed by atoms with Gasteiger partial charge in [0.2, 0.25) is 0 Å². The van der Waals surface area contributed by atoms with Gasteiger partial charge in [-0.25, -0.2) is 9.13 Å². The Kier molecular flexibility index (Phi) is 70.6. The van der Waals surface area contributed by atoms with Crippen molar-refractivity contribution in [3.05, 3.63) is 36.5 Å². The summed E-state index contributed by atoms with van der Waals surface area (Å²) in [6.45, 7) is 4.92. The molecule has 5 atom stereocenters. The van der Waals surface area contributed by atoms with Crippen LogP contribution in [0.3, 0.4) is 0 Å². The first-order chi connectivity index (χ1) is 47.7. The summed E-state index contributed by atoms with van der Waals surface area (Å²) in [7, 11) is -9.93. The standard InChI is InChI=1S/C79H148O17P2/c1-5-9-13-17-21-25-29-33-36-40-43-47-51-55-59-63-76(81)89-69-74(95-78(83)65-61-57-53-49-45-39-32-28-24-20-16-12-8-4)71-93-97(85,86)91-67-73(80)68-92-98(87,88)94-72-75(96-79(84)66-62-58-54-50-46-42-38-35-31-27-23-19-15-11-7-3)70-90-77(82)64-60-56-52-48-44-41-37-34-30-26-22-18-14-10-6-2/h25-27,29-31,73-75,80H,5-24,28,32-72H2,1-4H3,(H,85,86)(H,87,88)/b29-25-,30-26-,31-27-/t73-,74+,75+/m0/s1. The number of phosphoric ester groups is 2. The van der Waals surface area contributed by atoms with Crippen LogP contribution in [0.5, 0.6) is 0 Å². The molecule has 0 bridgehead atoms. The minimum atomic E-state index is -4.97. The van der Waals surface area contributed by atoms with Gasteiger partial charge in [0.25, 0.3) is 0 Å². The highest BCUT2D eigenvalue weighted by molar-refractivity contribution is 7.47. The van der Waals surface area contributed by atoms with Gasteiger partial charge in [0.1, 0.15) is 19.3 Å². The summed E-state index contributed by atoms with van der Waals surface area (Å²) in [5.41, 5.74) is 0. The van der Waals surface area contributed by atoms with Crippen molar-refractivity contribution in [3.63, 3.8) is 0 Å². The van der Waals surface area contributed by atoms with E-state index in [-0.39, 0.29) is 25.7 Å². The molecule has 0 aromatic heterocycles. The lowest BCUT2D eigenvalue weighted by Crippen LogP contribution is -2.30. The second kappa shape index (κ2) is 72.6. The third-order valence-corrected chi connectivity index (χ3v) is 19.5. The lowest BCUT2D eigenvalue weighted by Gasteiger charge is -2.21. The number of phosphoric acid groups is 2. The molecule has 0 saturated heterocycles. The number of esters is 4. The maximum absolute atomic E-state index is 13.1. The van der Waals surface area contributed by atoms with Gasteiger partial charge in [-0.2, -0.15) is 0 Å². The zero-order valence-corrected chi connectivity index (χ0v) is 64.8. The molecule has 0 fully saturated rings. The van der Waals surface area contributed by atoms with E-state index in [2.05, 4.69) is 64.2 Å². The number of ether oxygens (including phenoxy) is 4. The Morgan fingerprint density at radius 1 is 0.276 bits per heavy atom. The second-order valence-electron chi connectivity index (χ2n) is 27.4. The molecule has 3 N–H and O–H groups in total. The van der Waals surface area contributed by atoms with E-state index < -0.39 is 97.5 Å². The van der Waals surface area contributed by atoms with Gasteiger partial charge in [0.15, 0.2) is 12.2 Å². The summed E-state index contributed by atoms with van der Waals surface area (Å²) in [6.07, 6.45) is 68.2. The van der Waals surface area contributed by atoms with Gasteiger partial charge in [-0.3, -0.25) is 37.3 Å². The van der Waals surface area contributed by atoms with Crippen LogP contribution in [0, 0.1) is 0 Å². The molecule has 0 aliphatic heterocycles. The molecule has 0 heterocycles. The smallest absolute Gasteiger partial charge is 0.462 e. The van der Waals surface area contributed by atoms with E-state index in [1.807, 2.05) is 0 Å². The molecule has 0 saturated carbocycles. The summed E-state index contributed by atoms with van der Waals surface area (Å²) >= 11 is 0. The van der Waals surface area contributed by atoms with Crippen LogP contribution >= 0.6 is 15.6 Å². The molecule has 0 spiro atoms. The van der Waals surface area contributed by atoms with Crippen molar-refractivity contribution in [2.45, 2.75) is 406 Å². The van der Waals surface area contributed by atoms with Gasteiger partial charge in [-0.05, 0) is 103 Å². The highest BCUT2D eigenvalue weighted by Crippen LogP contribution is 2.45. The fraction of sp³-hybridized carbons (Fsp3) is 0.873. The number of aliphatic hydroxyl groups is 1. The van der Waals surface area contributed by atoms with E-state index in [4.69, 9.17) is 37.0 Å². The average Bonchev–Trinajstić information content (AvgIpc) is 1.04. The number of allylic oxidation sites excluding steroid dienone is 6. The molecule has 0 radical (unpaired) electrons. The first-order valence-electron chi connectivity index (χ1n) is 40.2. The van der Waals surface area contributed by atoms with Crippen molar-refractivity contribution in [1.82, 2.24) is 0 Å². The number of unbranched alkanes of at least 4 members (excludes halogenated alkanes) is 45. The summed E-state index contributed by atoms with van der Waals surface area (Å²) in [5, 5.41) is 10.6. The van der Waals surface area contributed by atoms with Crippen molar-refractivity contribution in [3.8, 4) is 0 Å². The molecule has 17 nitrogen and oxygen atoms in total. The maximum atomic E-state index is 13.1. The molecule has 576 valence electrons. The number of hydrogen-bond acceptors (Lipinski definition) is 15. The third-order valence-electron chi connectivity index (χ3n) is 17.6. The van der Waals surface area contributed by atoms with E-state index in [0.717, 1.165) is 154 Å². The summed E-state index contributed by atoms with van der Waals surface area (Å²) in [5.74, 6) is -2.14. The van der Waals surface area contributed by atoms with Crippen molar-refractivity contribution in [2.75, 3.05) is 39.6 Å². The van der Waals surface area contributed by atoms with Crippen LogP contribution < -0.4 is 0 Å². The van der Waals surface area contributed by atoms with E-state index >= 15 is 0 Å². The van der Waals surface area contributed by atoms with Crippen molar-refractivity contribution < 1.29 is 80.2 Å². The molecule has 0 aromatic rings. The van der Waals surface area contributed by atoms with Gasteiger partial charge >= 0.3 is 39.5 Å². The number of hydrogen-bond donors (Lipinski definition) is 3. The van der Waals surface area contributed by atoms with Crippen molar-refractivity contribution in [2.24, 2.45) is 0 Å². The van der Waals surface area contributed by atoms with Gasteiger partial charge in [0.05, 0.1) is 26.4 Å². The molecule has 0 aromatic carbocycles. The minimum Gasteiger partial charge on any atom is -0.462 e. The largest absolute Gasteiger partial charge is 0.472 e. The van der Waals surface area contributed by atoms with Crippen LogP contribution in [0.25, 0.3) is 0 Å². The van der Waals surface area contributed by atoms with Crippen LogP contribution in [0.1, 0.15) is 387 Å². The SMILES string of the molecule is CCCCCC/C=C\CCCCCCCCCC(=O)OC[C@H](COP(=O)(O)OC[C@@H](O)COP(=O)(O)OC[C@@H](COC(=O)CCCCCCCCC/C=C\CCCCCC)OC(=O)CCCCCCCCCCCCCCC)OC(=O)CCCCCCCCC/C=C\CCCCCC. The normalized spacial score (nSPS) is 14.1. The van der Waals surface area contributed by atoms with Crippen LogP contribution in [0.2, 0.25) is 0 Å². The van der Waals surface area contributed by atoms with Crippen LogP contribution in [-0.4, -0.2) is 96.7 Å². The van der Waals surface area contributed by atoms with Gasteiger partial charge in [-0.1, -0.05) is 295 Å². The number of rotatable bonds is 77. The van der Waals surface area contributed by atoms with E-state index in [1.54, 1.807) is 0 Å². The molecule has 98 heavy (non-hydrogen) atoms. The zero-order valence-electron chi connectivity index (χ0n) is 63.0. The van der Waals surface area contributed by atoms with Crippen LogP contribution in [0.4, 0.5) is 0 Å². The molecule has 0 amide bonds. The van der Waals surface area contributed by atoms with E-state index in [0.29, 0.717) is 25.7 Å². The second-order valence-corrected chi connectivity index (χ2v) is 30.3. The molecule has 0 aliphatic carbocycles. The fourth-order valence-corrected chi connectivity index (χ4v) is 13.0. The Hall–Kier alpha value is -2.72. The summed E-state index contributed by atoms with van der Waals surface area (Å²) in [6, 6.07) is 0. The first kappa shape index (κ1) is 95.3. The maximum Gasteiger partial charge on any atom is 0.472 e. The molecule has 2 unspecified atom stereocenters. The van der Waals surface area contributed by atoms with Gasteiger partial charge in [-0.15, -0.1) is 0 Å². The lowest BCUT2D eigenvalue weighted by atomic mass is 10.0. The summed E-state index contributed by atoms with van der Waals surface area (Å²) in [4.78, 5) is 72.9. The van der Waals surface area contributed by atoms with Crippen LogP contribution in [-0.2, 0) is 65.4 Å². The Balaban J connectivity index is 5.30. The highest BCUT2D eigenvalue weighted by atomic mass is 31.2. The average molecular weight is 1430 g/mol. The van der Waals surface area contributed by atoms with E-state index in [1.165, 1.54) is 154 Å². The quantitative estimate of drug-likeness (QED) is 0.0169. The third kappa shape index (κ3) is 71.7. The lowest BCUT2D eigenvalue weighted by molar-refractivity contribution is -0.161. The zero-order chi connectivity index (χ0) is 71.8. The highest BCUT2D eigenvalue weighted by Gasteiger charge is 2.30. The molecule has 19 heteroatoms. The Morgan fingerprint density at radius 3 is 0.714 bits per heavy atom. The fourth-order valence-electron chi connectivity index (χ4n) is 11.4. The topological polar surface area (TPSA) is 237 Å². The number of aliphatic hydroxyl groups excluding tert-OH is 1. The van der Waals surface area contributed by atoms with Crippen molar-refractivity contribution >= 4 is 39.5 Å². The van der Waals surface area contributed by atoms with E-state index in [9.17, 15) is 43.2 Å². The molecular weight excluding hydrogens is 1280 g/mol. The van der Waals surface area contributed by atoms with Crippen molar-refractivity contribution in [1.29, 1.82) is 0 Å². The Bertz CT molecular complexity index is 2000. The first-order valence-corrected chi connectivity index (χ1v) is 43.2. The number of carbonyl (C=O) groups is 4. The predicted molar refractivity (Wildman–Crippen MR) is 400 cm³/mol. The molecule has 0 rings (SSSR count). The summed E-state index contributed by atoms with van der Waals surface area (Å²) < 4.78 is 68.6. The minimum absolute atomic E-state index is 0.0957. The van der Waals surface area contributed by atoms with Crippen LogP contribution in [0.15, 0.2) is 36.5 Å². The predicted octanol–water partition coefficient (Wildman–Crippen LogP) is 23.1.